The zero-order chi connectivity index (χ0) is 9.94. The Morgan fingerprint density at radius 2 is 2.08 bits per heavy atom. The minimum absolute atomic E-state index is 0.983. The summed E-state index contributed by atoms with van der Waals surface area (Å²) >= 11 is 0. The summed E-state index contributed by atoms with van der Waals surface area (Å²) in [5, 5.41) is 0. The summed E-state index contributed by atoms with van der Waals surface area (Å²) in [6, 6.07) is 5.96. The lowest BCUT2D eigenvalue weighted by atomic mass is 10.3. The average molecular weight is 175 g/mol. The van der Waals surface area contributed by atoms with Crippen molar-refractivity contribution in [2.24, 2.45) is 0 Å². The SMILES string of the molecule is CC#CCC.CCc1ccccn1. The summed E-state index contributed by atoms with van der Waals surface area (Å²) < 4.78 is 0. The lowest BCUT2D eigenvalue weighted by Crippen LogP contribution is -1.81. The lowest BCUT2D eigenvalue weighted by molar-refractivity contribution is 1.04. The van der Waals surface area contributed by atoms with Crippen LogP contribution in [0.15, 0.2) is 24.4 Å². The van der Waals surface area contributed by atoms with Gasteiger partial charge in [-0.1, -0.05) is 19.9 Å². The second-order valence-corrected chi connectivity index (χ2v) is 2.45. The molecule has 0 N–H and O–H groups in total. The van der Waals surface area contributed by atoms with E-state index in [1.165, 1.54) is 0 Å². The molecule has 0 atom stereocenters. The highest BCUT2D eigenvalue weighted by atomic mass is 14.6. The van der Waals surface area contributed by atoms with Crippen LogP contribution in [-0.4, -0.2) is 4.98 Å². The Hall–Kier alpha value is -1.29. The van der Waals surface area contributed by atoms with Gasteiger partial charge in [0.05, 0.1) is 0 Å². The first-order valence-electron chi connectivity index (χ1n) is 4.64. The van der Waals surface area contributed by atoms with Crippen molar-refractivity contribution in [3.8, 4) is 11.8 Å². The van der Waals surface area contributed by atoms with Crippen LogP contribution in [-0.2, 0) is 6.42 Å². The molecule has 0 unspecified atom stereocenters. The van der Waals surface area contributed by atoms with Gasteiger partial charge in [0, 0.05) is 18.3 Å². The van der Waals surface area contributed by atoms with Gasteiger partial charge in [-0.25, -0.2) is 0 Å². The van der Waals surface area contributed by atoms with Gasteiger partial charge in [0.15, 0.2) is 0 Å². The van der Waals surface area contributed by atoms with Gasteiger partial charge in [0.2, 0.25) is 0 Å². The molecule has 1 heteroatoms. The van der Waals surface area contributed by atoms with Crippen molar-refractivity contribution in [1.82, 2.24) is 4.98 Å². The summed E-state index contributed by atoms with van der Waals surface area (Å²) in [6.07, 6.45) is 3.83. The molecule has 0 aliphatic carbocycles. The summed E-state index contributed by atoms with van der Waals surface area (Å²) in [5.74, 6) is 5.63. The smallest absolute Gasteiger partial charge is 0.0400 e. The number of hydrogen-bond acceptors (Lipinski definition) is 1. The maximum absolute atomic E-state index is 4.10. The molecular weight excluding hydrogens is 158 g/mol. The van der Waals surface area contributed by atoms with E-state index in [-0.39, 0.29) is 0 Å². The van der Waals surface area contributed by atoms with Crippen LogP contribution in [0.5, 0.6) is 0 Å². The predicted octanol–water partition coefficient (Wildman–Crippen LogP) is 3.06. The molecule has 0 aromatic carbocycles. The van der Waals surface area contributed by atoms with E-state index < -0.39 is 0 Å². The molecule has 1 nitrogen and oxygen atoms in total. The fourth-order valence-electron chi connectivity index (χ4n) is 0.784. The Labute approximate surface area is 81.2 Å². The van der Waals surface area contributed by atoms with Crippen molar-refractivity contribution in [2.45, 2.75) is 33.6 Å². The van der Waals surface area contributed by atoms with Gasteiger partial charge in [-0.2, -0.15) is 0 Å². The third-order valence-corrected chi connectivity index (χ3v) is 1.44. The topological polar surface area (TPSA) is 12.9 Å². The normalized spacial score (nSPS) is 7.62. The van der Waals surface area contributed by atoms with Crippen LogP contribution in [0.3, 0.4) is 0 Å². The summed E-state index contributed by atoms with van der Waals surface area (Å²) in [5.41, 5.74) is 1.16. The van der Waals surface area contributed by atoms with Crippen LogP contribution in [0, 0.1) is 11.8 Å². The molecule has 0 aliphatic heterocycles. The molecule has 1 rings (SSSR count). The van der Waals surface area contributed by atoms with Gasteiger partial charge >= 0.3 is 0 Å². The molecular formula is C12H17N. The molecule has 0 saturated heterocycles. The van der Waals surface area contributed by atoms with Crippen molar-refractivity contribution in [3.63, 3.8) is 0 Å². The van der Waals surface area contributed by atoms with Gasteiger partial charge in [-0.3, -0.25) is 4.98 Å². The average Bonchev–Trinajstić information content (AvgIpc) is 2.21. The van der Waals surface area contributed by atoms with Crippen molar-refractivity contribution in [2.75, 3.05) is 0 Å². The number of aromatic nitrogens is 1. The van der Waals surface area contributed by atoms with Crippen molar-refractivity contribution in [1.29, 1.82) is 0 Å². The summed E-state index contributed by atoms with van der Waals surface area (Å²) in [4.78, 5) is 4.10. The largest absolute Gasteiger partial charge is 0.261 e. The van der Waals surface area contributed by atoms with Gasteiger partial charge in [0.1, 0.15) is 0 Å². The number of aryl methyl sites for hydroxylation is 1. The predicted molar refractivity (Wildman–Crippen MR) is 57.4 cm³/mol. The maximum Gasteiger partial charge on any atom is 0.0400 e. The van der Waals surface area contributed by atoms with Gasteiger partial charge < -0.3 is 0 Å². The van der Waals surface area contributed by atoms with Crippen LogP contribution in [0.1, 0.15) is 32.9 Å². The molecule has 0 bridgehead atoms. The first-order chi connectivity index (χ1) is 6.35. The lowest BCUT2D eigenvalue weighted by Gasteiger charge is -1.88. The highest BCUT2D eigenvalue weighted by Crippen LogP contribution is 1.91. The number of pyridine rings is 1. The second kappa shape index (κ2) is 8.80. The maximum atomic E-state index is 4.10. The Balaban J connectivity index is 0.000000252. The molecule has 13 heavy (non-hydrogen) atoms. The zero-order valence-electron chi connectivity index (χ0n) is 8.67. The number of rotatable bonds is 1. The van der Waals surface area contributed by atoms with Gasteiger partial charge in [-0.05, 0) is 25.5 Å². The monoisotopic (exact) mass is 175 g/mol. The molecule has 1 heterocycles. The third kappa shape index (κ3) is 7.08. The van der Waals surface area contributed by atoms with E-state index in [4.69, 9.17) is 0 Å². The van der Waals surface area contributed by atoms with E-state index in [1.807, 2.05) is 38.2 Å². The summed E-state index contributed by atoms with van der Waals surface area (Å²) in [7, 11) is 0. The van der Waals surface area contributed by atoms with Crippen molar-refractivity contribution < 1.29 is 0 Å². The molecule has 0 fully saturated rings. The van der Waals surface area contributed by atoms with E-state index >= 15 is 0 Å². The van der Waals surface area contributed by atoms with Crippen LogP contribution in [0.25, 0.3) is 0 Å². The Kier molecular flexibility index (Phi) is 7.93. The summed E-state index contributed by atoms with van der Waals surface area (Å²) in [6.45, 7) is 5.99. The molecule has 1 aromatic heterocycles. The molecule has 70 valence electrons. The molecule has 0 spiro atoms. The number of hydrogen-bond donors (Lipinski definition) is 0. The highest BCUT2D eigenvalue weighted by Gasteiger charge is 1.81. The second-order valence-electron chi connectivity index (χ2n) is 2.45. The highest BCUT2D eigenvalue weighted by molar-refractivity contribution is 5.02. The van der Waals surface area contributed by atoms with Crippen LogP contribution in [0.2, 0.25) is 0 Å². The van der Waals surface area contributed by atoms with Crippen LogP contribution < -0.4 is 0 Å². The van der Waals surface area contributed by atoms with Gasteiger partial charge in [-0.15, -0.1) is 11.8 Å². The van der Waals surface area contributed by atoms with Crippen molar-refractivity contribution in [3.05, 3.63) is 30.1 Å². The van der Waals surface area contributed by atoms with Gasteiger partial charge in [0.25, 0.3) is 0 Å². The molecule has 0 aliphatic rings. The minimum Gasteiger partial charge on any atom is -0.261 e. The van der Waals surface area contributed by atoms with E-state index in [0.717, 1.165) is 18.5 Å². The van der Waals surface area contributed by atoms with Crippen molar-refractivity contribution >= 4 is 0 Å². The fourth-order valence-corrected chi connectivity index (χ4v) is 0.784. The third-order valence-electron chi connectivity index (χ3n) is 1.44. The Morgan fingerprint density at radius 1 is 1.31 bits per heavy atom. The first-order valence-corrected chi connectivity index (χ1v) is 4.64. The van der Waals surface area contributed by atoms with E-state index in [0.29, 0.717) is 0 Å². The molecule has 1 aromatic rings. The first kappa shape index (κ1) is 11.7. The quantitative estimate of drug-likeness (QED) is 0.598. The minimum atomic E-state index is 0.983. The Bertz CT molecular complexity index is 253. The van der Waals surface area contributed by atoms with E-state index in [2.05, 4.69) is 23.7 Å². The van der Waals surface area contributed by atoms with Crippen LogP contribution >= 0.6 is 0 Å². The fraction of sp³-hybridized carbons (Fsp3) is 0.417. The van der Waals surface area contributed by atoms with Crippen LogP contribution in [0.4, 0.5) is 0 Å². The standard InChI is InChI=1S/C7H9N.C5H8/c1-2-7-5-3-4-6-8-7;1-3-5-4-2/h3-6H,2H2,1H3;3H2,1-2H3. The molecule has 0 radical (unpaired) electrons. The van der Waals surface area contributed by atoms with E-state index in [9.17, 15) is 0 Å². The molecule has 0 saturated carbocycles. The number of nitrogens with zero attached hydrogens (tertiary/aromatic N) is 1. The zero-order valence-corrected chi connectivity index (χ0v) is 8.67. The Morgan fingerprint density at radius 3 is 2.31 bits per heavy atom. The van der Waals surface area contributed by atoms with E-state index in [1.54, 1.807) is 0 Å². The molecule has 0 amide bonds.